The molecule has 0 aliphatic heterocycles. The quantitative estimate of drug-likeness (QED) is 0.565. The fraction of sp³-hybridized carbons (Fsp3) is 0.300. The number of hydrogen-bond acceptors (Lipinski definition) is 5. The van der Waals surface area contributed by atoms with Crippen LogP contribution in [0.3, 0.4) is 0 Å². The van der Waals surface area contributed by atoms with Gasteiger partial charge in [0.1, 0.15) is 0 Å². The fourth-order valence-corrected chi connectivity index (χ4v) is 3.92. The van der Waals surface area contributed by atoms with Gasteiger partial charge in [-0.25, -0.2) is 0 Å². The number of pyridine rings is 1. The summed E-state index contributed by atoms with van der Waals surface area (Å²) >= 11 is 1.17. The van der Waals surface area contributed by atoms with E-state index < -0.39 is 22.9 Å². The van der Waals surface area contributed by atoms with E-state index in [9.17, 15) is 18.0 Å². The Morgan fingerprint density at radius 2 is 1.97 bits per heavy atom. The van der Waals surface area contributed by atoms with Crippen LogP contribution in [0.4, 0.5) is 18.9 Å². The van der Waals surface area contributed by atoms with Crippen LogP contribution in [0.1, 0.15) is 31.4 Å². The minimum Gasteiger partial charge on any atom is -0.325 e. The van der Waals surface area contributed by atoms with Crippen LogP contribution in [0.2, 0.25) is 0 Å². The Morgan fingerprint density at radius 1 is 1.20 bits per heavy atom. The van der Waals surface area contributed by atoms with Crippen molar-refractivity contribution < 1.29 is 18.0 Å². The molecule has 30 heavy (non-hydrogen) atoms. The van der Waals surface area contributed by atoms with Gasteiger partial charge in [0.25, 0.3) is 0 Å². The lowest BCUT2D eigenvalue weighted by Gasteiger charge is -2.16. The monoisotopic (exact) mass is 433 g/mol. The Kier molecular flexibility index (Phi) is 5.50. The summed E-state index contributed by atoms with van der Waals surface area (Å²) < 4.78 is 41.5. The van der Waals surface area contributed by atoms with Gasteiger partial charge in [-0.15, -0.1) is 10.2 Å². The van der Waals surface area contributed by atoms with Crippen LogP contribution in [-0.2, 0) is 11.0 Å². The van der Waals surface area contributed by atoms with Crippen molar-refractivity contribution in [3.63, 3.8) is 0 Å². The number of nitrogens with zero attached hydrogens (tertiary/aromatic N) is 4. The van der Waals surface area contributed by atoms with E-state index in [2.05, 4.69) is 20.5 Å². The van der Waals surface area contributed by atoms with E-state index in [1.54, 1.807) is 19.3 Å². The van der Waals surface area contributed by atoms with Crippen molar-refractivity contribution in [2.45, 2.75) is 42.4 Å². The van der Waals surface area contributed by atoms with Crippen molar-refractivity contribution in [2.24, 2.45) is 0 Å². The third-order valence-corrected chi connectivity index (χ3v) is 5.69. The summed E-state index contributed by atoms with van der Waals surface area (Å²) in [5, 5.41) is 10.8. The van der Waals surface area contributed by atoms with E-state index in [0.717, 1.165) is 24.5 Å². The standard InChI is InChI=1S/C20H18F3N5OS/c1-12(18(29)25-16-7-3-2-6-15(16)20(21,22)23)30-19-27-26-17(28(19)14-8-9-14)13-5-4-10-24-11-13/h2-7,10-12,14H,8-9H2,1H3,(H,25,29). The molecule has 1 N–H and O–H groups in total. The SMILES string of the molecule is CC(Sc1nnc(-c2cccnc2)n1C1CC1)C(=O)Nc1ccccc1C(F)(F)F. The molecule has 2 aromatic heterocycles. The second-order valence-electron chi connectivity index (χ2n) is 6.94. The zero-order valence-electron chi connectivity index (χ0n) is 15.9. The molecule has 156 valence electrons. The topological polar surface area (TPSA) is 72.7 Å². The van der Waals surface area contributed by atoms with E-state index in [-0.39, 0.29) is 11.7 Å². The van der Waals surface area contributed by atoms with E-state index in [4.69, 9.17) is 0 Å². The number of alkyl halides is 3. The van der Waals surface area contributed by atoms with Gasteiger partial charge >= 0.3 is 6.18 Å². The Morgan fingerprint density at radius 3 is 2.63 bits per heavy atom. The Hall–Kier alpha value is -2.88. The highest BCUT2D eigenvalue weighted by Crippen LogP contribution is 2.42. The van der Waals surface area contributed by atoms with Crippen molar-refractivity contribution >= 4 is 23.4 Å². The largest absolute Gasteiger partial charge is 0.418 e. The van der Waals surface area contributed by atoms with Gasteiger partial charge in [-0.3, -0.25) is 14.3 Å². The summed E-state index contributed by atoms with van der Waals surface area (Å²) in [5.74, 6) is 0.132. The molecule has 1 fully saturated rings. The van der Waals surface area contributed by atoms with E-state index in [0.29, 0.717) is 11.0 Å². The summed E-state index contributed by atoms with van der Waals surface area (Å²) in [6, 6.07) is 8.86. The molecule has 1 aromatic carbocycles. The minimum absolute atomic E-state index is 0.249. The highest BCUT2D eigenvalue weighted by atomic mass is 32.2. The van der Waals surface area contributed by atoms with Gasteiger partial charge in [-0.1, -0.05) is 23.9 Å². The smallest absolute Gasteiger partial charge is 0.325 e. The lowest BCUT2D eigenvalue weighted by atomic mass is 10.1. The van der Waals surface area contributed by atoms with E-state index >= 15 is 0 Å². The molecule has 0 spiro atoms. The highest BCUT2D eigenvalue weighted by Gasteiger charge is 2.35. The molecule has 1 aliphatic carbocycles. The molecule has 1 atom stereocenters. The van der Waals surface area contributed by atoms with Crippen LogP contribution in [0, 0.1) is 0 Å². The van der Waals surface area contributed by atoms with Gasteiger partial charge in [0.15, 0.2) is 11.0 Å². The molecule has 0 bridgehead atoms. The second-order valence-corrected chi connectivity index (χ2v) is 8.25. The van der Waals surface area contributed by atoms with E-state index in [1.807, 2.05) is 16.7 Å². The summed E-state index contributed by atoms with van der Waals surface area (Å²) in [6.45, 7) is 1.63. The van der Waals surface area contributed by atoms with Crippen LogP contribution in [0.5, 0.6) is 0 Å². The Labute approximate surface area is 174 Å². The number of thioether (sulfide) groups is 1. The summed E-state index contributed by atoms with van der Waals surface area (Å²) in [7, 11) is 0. The summed E-state index contributed by atoms with van der Waals surface area (Å²) in [6.07, 6.45) is 0.783. The number of anilines is 1. The number of benzene rings is 1. The predicted octanol–water partition coefficient (Wildman–Crippen LogP) is 4.81. The van der Waals surface area contributed by atoms with Crippen LogP contribution in [0.15, 0.2) is 53.9 Å². The van der Waals surface area contributed by atoms with Crippen molar-refractivity contribution in [3.8, 4) is 11.4 Å². The van der Waals surface area contributed by atoms with Crippen molar-refractivity contribution in [1.29, 1.82) is 0 Å². The first-order valence-corrected chi connectivity index (χ1v) is 10.2. The molecule has 1 aliphatic rings. The Bertz CT molecular complexity index is 1050. The second kappa shape index (κ2) is 8.10. The number of carbonyl (C=O) groups excluding carboxylic acids is 1. The van der Waals surface area contributed by atoms with Crippen LogP contribution < -0.4 is 5.32 Å². The van der Waals surface area contributed by atoms with Crippen LogP contribution in [-0.4, -0.2) is 30.9 Å². The average molecular weight is 433 g/mol. The van der Waals surface area contributed by atoms with Crippen molar-refractivity contribution in [3.05, 3.63) is 54.4 Å². The first-order chi connectivity index (χ1) is 14.3. The molecular weight excluding hydrogens is 415 g/mol. The summed E-state index contributed by atoms with van der Waals surface area (Å²) in [5.41, 5.74) is -0.322. The highest BCUT2D eigenvalue weighted by molar-refractivity contribution is 8.00. The number of amides is 1. The maximum absolute atomic E-state index is 13.2. The molecule has 4 rings (SSSR count). The number of rotatable bonds is 6. The lowest BCUT2D eigenvalue weighted by Crippen LogP contribution is -2.24. The maximum Gasteiger partial charge on any atom is 0.418 e. The molecular formula is C20H18F3N5OS. The molecule has 0 saturated heterocycles. The predicted molar refractivity (Wildman–Crippen MR) is 107 cm³/mol. The molecule has 1 unspecified atom stereocenters. The van der Waals surface area contributed by atoms with Gasteiger partial charge in [0, 0.05) is 24.0 Å². The number of halogens is 3. The minimum atomic E-state index is -4.55. The summed E-state index contributed by atoms with van der Waals surface area (Å²) in [4.78, 5) is 16.7. The first-order valence-electron chi connectivity index (χ1n) is 9.33. The van der Waals surface area contributed by atoms with Gasteiger partial charge in [0.05, 0.1) is 16.5 Å². The number of aromatic nitrogens is 4. The molecule has 6 nitrogen and oxygen atoms in total. The Balaban J connectivity index is 1.53. The molecule has 1 amide bonds. The number of carbonyl (C=O) groups is 1. The molecule has 3 aromatic rings. The van der Waals surface area contributed by atoms with E-state index in [1.165, 1.54) is 30.0 Å². The number of nitrogens with one attached hydrogen (secondary N) is 1. The van der Waals surface area contributed by atoms with Crippen LogP contribution in [0.25, 0.3) is 11.4 Å². The molecule has 10 heteroatoms. The average Bonchev–Trinajstić information content (AvgIpc) is 3.48. The molecule has 0 radical (unpaired) electrons. The number of hydrogen-bond donors (Lipinski definition) is 1. The zero-order chi connectivity index (χ0) is 21.3. The number of para-hydroxylation sites is 1. The normalized spacial score (nSPS) is 15.1. The first kappa shape index (κ1) is 20.4. The van der Waals surface area contributed by atoms with Crippen molar-refractivity contribution in [1.82, 2.24) is 19.7 Å². The molecule has 1 saturated carbocycles. The van der Waals surface area contributed by atoms with Gasteiger partial charge < -0.3 is 5.32 Å². The maximum atomic E-state index is 13.2. The van der Waals surface area contributed by atoms with Crippen LogP contribution >= 0.6 is 11.8 Å². The lowest BCUT2D eigenvalue weighted by molar-refractivity contribution is -0.137. The molecule has 2 heterocycles. The third kappa shape index (κ3) is 4.33. The third-order valence-electron chi connectivity index (χ3n) is 4.64. The zero-order valence-corrected chi connectivity index (χ0v) is 16.7. The van der Waals surface area contributed by atoms with Gasteiger partial charge in [-0.05, 0) is 44.0 Å². The van der Waals surface area contributed by atoms with Crippen molar-refractivity contribution in [2.75, 3.05) is 5.32 Å². The van der Waals surface area contributed by atoms with Gasteiger partial charge in [-0.2, -0.15) is 13.2 Å². The van der Waals surface area contributed by atoms with Gasteiger partial charge in [0.2, 0.25) is 5.91 Å². The fourth-order valence-electron chi connectivity index (χ4n) is 3.00.